The number of rotatable bonds is 5. The molecule has 2 unspecified atom stereocenters. The number of carbonyl (C=O) groups is 1. The van der Waals surface area contributed by atoms with Crippen molar-refractivity contribution in [2.75, 3.05) is 0 Å². The maximum atomic E-state index is 11.4. The molecule has 0 radical (unpaired) electrons. The lowest BCUT2D eigenvalue weighted by molar-refractivity contribution is -0.143. The zero-order valence-corrected chi connectivity index (χ0v) is 10.2. The maximum absolute atomic E-state index is 11.4. The summed E-state index contributed by atoms with van der Waals surface area (Å²) in [5, 5.41) is 20.9. The topological polar surface area (TPSA) is 80.9 Å². The van der Waals surface area contributed by atoms with Gasteiger partial charge in [0.05, 0.1) is 0 Å². The molecule has 0 spiro atoms. The molecule has 0 aromatic carbocycles. The molecule has 17 heavy (non-hydrogen) atoms. The van der Waals surface area contributed by atoms with E-state index in [1.807, 2.05) is 13.8 Å². The van der Waals surface area contributed by atoms with Crippen molar-refractivity contribution < 1.29 is 9.90 Å². The van der Waals surface area contributed by atoms with Gasteiger partial charge in [0.2, 0.25) is 0 Å². The van der Waals surface area contributed by atoms with Gasteiger partial charge in [0, 0.05) is 5.92 Å². The monoisotopic (exact) mass is 238 g/mol. The normalized spacial score (nSPS) is 19.6. The molecule has 2 rings (SSSR count). The Labute approximate surface area is 100 Å². The molecule has 1 saturated carbocycles. The molecule has 1 aromatic rings. The Balaban J connectivity index is 2.29. The van der Waals surface area contributed by atoms with Crippen molar-refractivity contribution in [1.82, 2.24) is 20.2 Å². The predicted octanol–water partition coefficient (Wildman–Crippen LogP) is 1.61. The fraction of sp³-hybridized carbons (Fsp3) is 0.818. The lowest BCUT2D eigenvalue weighted by Gasteiger charge is -2.27. The van der Waals surface area contributed by atoms with Crippen molar-refractivity contribution in [2.24, 2.45) is 5.92 Å². The predicted molar refractivity (Wildman–Crippen MR) is 60.5 cm³/mol. The zero-order valence-electron chi connectivity index (χ0n) is 10.2. The standard InChI is InChI=1S/C11H18N4O2/c1-3-7(2)9(11(16)17)15-10(12-13-14-15)8-5-4-6-8/h7-9H,3-6H2,1-2H3,(H,16,17). The largest absolute Gasteiger partial charge is 0.480 e. The molecule has 1 aromatic heterocycles. The van der Waals surface area contributed by atoms with Gasteiger partial charge < -0.3 is 5.11 Å². The van der Waals surface area contributed by atoms with Crippen LogP contribution in [-0.2, 0) is 4.79 Å². The van der Waals surface area contributed by atoms with Gasteiger partial charge in [0.25, 0.3) is 0 Å². The summed E-state index contributed by atoms with van der Waals surface area (Å²) in [7, 11) is 0. The quantitative estimate of drug-likeness (QED) is 0.842. The third-order valence-electron chi connectivity index (χ3n) is 3.69. The molecule has 94 valence electrons. The molecule has 1 heterocycles. The highest BCUT2D eigenvalue weighted by atomic mass is 16.4. The molecule has 1 aliphatic rings. The first kappa shape index (κ1) is 12.0. The van der Waals surface area contributed by atoms with Gasteiger partial charge in [-0.25, -0.2) is 9.48 Å². The number of nitrogens with zero attached hydrogens (tertiary/aromatic N) is 4. The van der Waals surface area contributed by atoms with Gasteiger partial charge in [-0.2, -0.15) is 0 Å². The van der Waals surface area contributed by atoms with Crippen LogP contribution in [-0.4, -0.2) is 31.3 Å². The third-order valence-corrected chi connectivity index (χ3v) is 3.69. The van der Waals surface area contributed by atoms with Crippen LogP contribution in [0.25, 0.3) is 0 Å². The molecule has 1 aliphatic carbocycles. The summed E-state index contributed by atoms with van der Waals surface area (Å²) in [6.07, 6.45) is 4.10. The average Bonchev–Trinajstić information content (AvgIpc) is 2.64. The highest BCUT2D eigenvalue weighted by Gasteiger charge is 2.33. The maximum Gasteiger partial charge on any atom is 0.328 e. The average molecular weight is 238 g/mol. The summed E-state index contributed by atoms with van der Waals surface area (Å²) in [5.41, 5.74) is 0. The van der Waals surface area contributed by atoms with Crippen molar-refractivity contribution in [2.45, 2.75) is 51.5 Å². The van der Waals surface area contributed by atoms with E-state index in [-0.39, 0.29) is 5.92 Å². The third kappa shape index (κ3) is 2.16. The molecule has 0 amide bonds. The highest BCUT2D eigenvalue weighted by Crippen LogP contribution is 2.36. The lowest BCUT2D eigenvalue weighted by Crippen LogP contribution is -2.29. The molecule has 0 bridgehead atoms. The lowest BCUT2D eigenvalue weighted by atomic mass is 9.84. The van der Waals surface area contributed by atoms with E-state index in [0.717, 1.165) is 25.1 Å². The fourth-order valence-electron chi connectivity index (χ4n) is 2.15. The Morgan fingerprint density at radius 3 is 2.76 bits per heavy atom. The van der Waals surface area contributed by atoms with Gasteiger partial charge in [0.15, 0.2) is 11.9 Å². The molecule has 0 saturated heterocycles. The molecule has 6 heteroatoms. The summed E-state index contributed by atoms with van der Waals surface area (Å²) in [6, 6.07) is -0.648. The summed E-state index contributed by atoms with van der Waals surface area (Å²) in [4.78, 5) is 11.4. The van der Waals surface area contributed by atoms with Crippen LogP contribution in [0.1, 0.15) is 57.3 Å². The van der Waals surface area contributed by atoms with Gasteiger partial charge in [0.1, 0.15) is 0 Å². The van der Waals surface area contributed by atoms with E-state index in [9.17, 15) is 9.90 Å². The molecule has 6 nitrogen and oxygen atoms in total. The van der Waals surface area contributed by atoms with Gasteiger partial charge in [-0.1, -0.05) is 26.7 Å². The van der Waals surface area contributed by atoms with Crippen molar-refractivity contribution in [1.29, 1.82) is 0 Å². The molecule has 1 fully saturated rings. The van der Waals surface area contributed by atoms with Crippen molar-refractivity contribution in [3.05, 3.63) is 5.82 Å². The summed E-state index contributed by atoms with van der Waals surface area (Å²) in [5.74, 6) is 0.252. The van der Waals surface area contributed by atoms with Crippen LogP contribution in [0.15, 0.2) is 0 Å². The Hall–Kier alpha value is -1.46. The minimum atomic E-state index is -0.854. The zero-order chi connectivity index (χ0) is 12.4. The Morgan fingerprint density at radius 2 is 2.29 bits per heavy atom. The van der Waals surface area contributed by atoms with Crippen LogP contribution < -0.4 is 0 Å². The highest BCUT2D eigenvalue weighted by molar-refractivity contribution is 5.72. The molecule has 2 atom stereocenters. The summed E-state index contributed by atoms with van der Waals surface area (Å²) < 4.78 is 1.51. The Kier molecular flexibility index (Phi) is 3.40. The summed E-state index contributed by atoms with van der Waals surface area (Å²) in [6.45, 7) is 3.90. The second-order valence-corrected chi connectivity index (χ2v) is 4.78. The van der Waals surface area contributed by atoms with Gasteiger partial charge in [-0.3, -0.25) is 0 Å². The number of carboxylic acids is 1. The molecular formula is C11H18N4O2. The van der Waals surface area contributed by atoms with Crippen molar-refractivity contribution in [3.63, 3.8) is 0 Å². The number of aromatic nitrogens is 4. The van der Waals surface area contributed by atoms with Gasteiger partial charge >= 0.3 is 5.97 Å². The van der Waals surface area contributed by atoms with E-state index in [4.69, 9.17) is 0 Å². The summed E-state index contributed by atoms with van der Waals surface area (Å²) >= 11 is 0. The first-order chi connectivity index (χ1) is 8.15. The molecule has 0 aliphatic heterocycles. The van der Waals surface area contributed by atoms with E-state index in [1.165, 1.54) is 11.1 Å². The number of aliphatic carboxylic acids is 1. The van der Waals surface area contributed by atoms with Crippen LogP contribution in [0.4, 0.5) is 0 Å². The van der Waals surface area contributed by atoms with E-state index in [2.05, 4.69) is 15.5 Å². The van der Waals surface area contributed by atoms with Crippen LogP contribution in [0.3, 0.4) is 0 Å². The Morgan fingerprint density at radius 1 is 1.59 bits per heavy atom. The fourth-order valence-corrected chi connectivity index (χ4v) is 2.15. The number of tetrazole rings is 1. The molecule has 1 N–H and O–H groups in total. The van der Waals surface area contributed by atoms with Crippen LogP contribution in [0.2, 0.25) is 0 Å². The van der Waals surface area contributed by atoms with E-state index >= 15 is 0 Å². The molecular weight excluding hydrogens is 220 g/mol. The minimum Gasteiger partial charge on any atom is -0.480 e. The number of carboxylic acid groups (broad SMARTS) is 1. The second kappa shape index (κ2) is 4.81. The second-order valence-electron chi connectivity index (χ2n) is 4.78. The first-order valence-electron chi connectivity index (χ1n) is 6.15. The van der Waals surface area contributed by atoms with Crippen LogP contribution >= 0.6 is 0 Å². The van der Waals surface area contributed by atoms with Crippen molar-refractivity contribution >= 4 is 5.97 Å². The van der Waals surface area contributed by atoms with E-state index in [0.29, 0.717) is 5.92 Å². The first-order valence-corrected chi connectivity index (χ1v) is 6.15. The smallest absolute Gasteiger partial charge is 0.328 e. The number of hydrogen-bond acceptors (Lipinski definition) is 4. The Bertz CT molecular complexity index is 400. The van der Waals surface area contributed by atoms with E-state index < -0.39 is 12.0 Å². The minimum absolute atomic E-state index is 0.0230. The van der Waals surface area contributed by atoms with Crippen LogP contribution in [0.5, 0.6) is 0 Å². The van der Waals surface area contributed by atoms with Crippen LogP contribution in [0, 0.1) is 5.92 Å². The number of hydrogen-bond donors (Lipinski definition) is 1. The van der Waals surface area contributed by atoms with Gasteiger partial charge in [-0.15, -0.1) is 5.10 Å². The SMILES string of the molecule is CCC(C)C(C(=O)O)n1nnnc1C1CCC1. The van der Waals surface area contributed by atoms with Gasteiger partial charge in [-0.05, 0) is 29.2 Å². The van der Waals surface area contributed by atoms with E-state index in [1.54, 1.807) is 0 Å². The van der Waals surface area contributed by atoms with Crippen molar-refractivity contribution in [3.8, 4) is 0 Å².